The van der Waals surface area contributed by atoms with Gasteiger partial charge in [0.25, 0.3) is 0 Å². The van der Waals surface area contributed by atoms with Crippen LogP contribution in [0.3, 0.4) is 0 Å². The van der Waals surface area contributed by atoms with Gasteiger partial charge in [-0.1, -0.05) is 12.1 Å². The zero-order chi connectivity index (χ0) is 9.84. The van der Waals surface area contributed by atoms with E-state index < -0.39 is 5.37 Å². The van der Waals surface area contributed by atoms with Crippen LogP contribution >= 0.6 is 11.6 Å². The molecule has 1 aromatic carbocycles. The number of hydrogen-bond acceptors (Lipinski definition) is 2. The first-order valence-corrected chi connectivity index (χ1v) is 4.02. The van der Waals surface area contributed by atoms with Crippen molar-refractivity contribution >= 4 is 28.9 Å². The molecule has 0 fully saturated rings. The summed E-state index contributed by atoms with van der Waals surface area (Å²) in [5, 5.41) is -0.616. The fourth-order valence-electron chi connectivity index (χ4n) is 0.987. The van der Waals surface area contributed by atoms with Gasteiger partial charge in [-0.05, 0) is 23.7 Å². The van der Waals surface area contributed by atoms with Crippen LogP contribution in [0.15, 0.2) is 24.3 Å². The molecule has 0 spiro atoms. The van der Waals surface area contributed by atoms with Gasteiger partial charge in [0.2, 0.25) is 0 Å². The average Bonchev–Trinajstić information content (AvgIpc) is 2.16. The number of carbonyl (C=O) groups excluding carboxylic acids is 2. The predicted octanol–water partition coefficient (Wildman–Crippen LogP) is 2.29. The van der Waals surface area contributed by atoms with Crippen molar-refractivity contribution in [2.75, 3.05) is 11.9 Å². The molecule has 0 aliphatic carbocycles. The summed E-state index contributed by atoms with van der Waals surface area (Å²) in [6.07, 6.45) is 0.686. The summed E-state index contributed by atoms with van der Waals surface area (Å²) >= 11 is 5.26. The zero-order valence-electron chi connectivity index (χ0n) is 7.03. The monoisotopic (exact) mass is 197 g/mol. The molecule has 0 atom stereocenters. The number of rotatable bonds is 2. The van der Waals surface area contributed by atoms with Crippen LogP contribution in [0.25, 0.3) is 0 Å². The molecule has 1 aromatic rings. The molecule has 0 unspecified atom stereocenters. The number of halogens is 1. The van der Waals surface area contributed by atoms with Gasteiger partial charge in [-0.15, -0.1) is 0 Å². The summed E-state index contributed by atoms with van der Waals surface area (Å²) in [4.78, 5) is 22.6. The van der Waals surface area contributed by atoms with Crippen LogP contribution in [0.5, 0.6) is 0 Å². The molecule has 4 heteroatoms. The highest BCUT2D eigenvalue weighted by Crippen LogP contribution is 2.18. The van der Waals surface area contributed by atoms with Crippen molar-refractivity contribution in [1.82, 2.24) is 0 Å². The van der Waals surface area contributed by atoms with E-state index in [4.69, 9.17) is 11.6 Å². The minimum Gasteiger partial charge on any atom is -0.301 e. The van der Waals surface area contributed by atoms with Gasteiger partial charge in [-0.3, -0.25) is 9.59 Å². The quantitative estimate of drug-likeness (QED) is 0.415. The maximum atomic E-state index is 10.8. The van der Waals surface area contributed by atoms with Gasteiger partial charge < -0.3 is 4.90 Å². The van der Waals surface area contributed by atoms with Crippen LogP contribution < -0.4 is 4.90 Å². The largest absolute Gasteiger partial charge is 0.320 e. The summed E-state index contributed by atoms with van der Waals surface area (Å²) in [5.74, 6) is 0. The standard InChI is InChI=1S/C9H8ClNO2/c1-11(9(10)13)8-5-3-2-4-7(8)6-12/h2-6H,1H3. The third-order valence-corrected chi connectivity index (χ3v) is 1.94. The number of aldehydes is 1. The summed E-state index contributed by atoms with van der Waals surface area (Å²) in [6.45, 7) is 0. The van der Waals surface area contributed by atoms with E-state index >= 15 is 0 Å². The smallest absolute Gasteiger partial charge is 0.301 e. The van der Waals surface area contributed by atoms with Gasteiger partial charge in [-0.25, -0.2) is 0 Å². The number of anilines is 1. The van der Waals surface area contributed by atoms with Crippen molar-refractivity contribution in [3.05, 3.63) is 29.8 Å². The molecule has 1 amide bonds. The van der Waals surface area contributed by atoms with Crippen molar-refractivity contribution in [2.24, 2.45) is 0 Å². The minimum atomic E-state index is -0.616. The van der Waals surface area contributed by atoms with Crippen molar-refractivity contribution < 1.29 is 9.59 Å². The molecule has 0 radical (unpaired) electrons. The minimum absolute atomic E-state index is 0.444. The van der Waals surface area contributed by atoms with E-state index in [2.05, 4.69) is 0 Å². The number of amides is 1. The van der Waals surface area contributed by atoms with Gasteiger partial charge in [0.05, 0.1) is 5.69 Å². The molecular formula is C9H8ClNO2. The Kier molecular flexibility index (Phi) is 3.03. The Balaban J connectivity index is 3.12. The fraction of sp³-hybridized carbons (Fsp3) is 0.111. The molecule has 0 saturated carbocycles. The Morgan fingerprint density at radius 2 is 2.08 bits per heavy atom. The summed E-state index contributed by atoms with van der Waals surface area (Å²) < 4.78 is 0. The molecule has 0 aromatic heterocycles. The van der Waals surface area contributed by atoms with E-state index in [1.165, 1.54) is 11.9 Å². The van der Waals surface area contributed by atoms with Crippen LogP contribution in [0.1, 0.15) is 10.4 Å². The Morgan fingerprint density at radius 3 is 2.62 bits per heavy atom. The van der Waals surface area contributed by atoms with E-state index in [0.29, 0.717) is 17.5 Å². The van der Waals surface area contributed by atoms with Crippen molar-refractivity contribution in [3.63, 3.8) is 0 Å². The van der Waals surface area contributed by atoms with Gasteiger partial charge in [0.15, 0.2) is 6.29 Å². The van der Waals surface area contributed by atoms with E-state index in [0.717, 1.165) is 0 Å². The average molecular weight is 198 g/mol. The summed E-state index contributed by atoms with van der Waals surface area (Å²) in [5.41, 5.74) is 0.955. The first-order valence-electron chi connectivity index (χ1n) is 3.64. The molecule has 0 heterocycles. The second-order valence-electron chi connectivity index (χ2n) is 2.49. The van der Waals surface area contributed by atoms with E-state index in [-0.39, 0.29) is 0 Å². The molecule has 0 aliphatic rings. The second kappa shape index (κ2) is 4.05. The third kappa shape index (κ3) is 2.06. The van der Waals surface area contributed by atoms with Crippen LogP contribution in [0.2, 0.25) is 0 Å². The fourth-order valence-corrected chi connectivity index (χ4v) is 1.08. The molecule has 0 bridgehead atoms. The van der Waals surface area contributed by atoms with Gasteiger partial charge in [0, 0.05) is 12.6 Å². The van der Waals surface area contributed by atoms with Gasteiger partial charge in [0.1, 0.15) is 0 Å². The van der Waals surface area contributed by atoms with Crippen LogP contribution in [0.4, 0.5) is 10.5 Å². The predicted molar refractivity (Wildman–Crippen MR) is 51.5 cm³/mol. The zero-order valence-corrected chi connectivity index (χ0v) is 7.78. The first-order chi connectivity index (χ1) is 6.16. The number of hydrogen-bond donors (Lipinski definition) is 0. The lowest BCUT2D eigenvalue weighted by molar-refractivity contribution is 0.112. The number of benzene rings is 1. The summed E-state index contributed by atoms with van der Waals surface area (Å²) in [6, 6.07) is 6.74. The Labute approximate surface area is 80.9 Å². The molecular weight excluding hydrogens is 190 g/mol. The van der Waals surface area contributed by atoms with Crippen LogP contribution in [-0.4, -0.2) is 18.7 Å². The van der Waals surface area contributed by atoms with Crippen molar-refractivity contribution in [3.8, 4) is 0 Å². The molecule has 3 nitrogen and oxygen atoms in total. The number of nitrogens with zero attached hydrogens (tertiary/aromatic N) is 1. The molecule has 0 aliphatic heterocycles. The molecule has 1 rings (SSSR count). The SMILES string of the molecule is CN(C(=O)Cl)c1ccccc1C=O. The number of carbonyl (C=O) groups is 2. The molecule has 0 saturated heterocycles. The van der Waals surface area contributed by atoms with Crippen LogP contribution in [-0.2, 0) is 0 Å². The van der Waals surface area contributed by atoms with E-state index in [9.17, 15) is 9.59 Å². The lowest BCUT2D eigenvalue weighted by Gasteiger charge is -2.14. The highest BCUT2D eigenvalue weighted by atomic mass is 35.5. The van der Waals surface area contributed by atoms with Crippen LogP contribution in [0, 0.1) is 0 Å². The summed E-state index contributed by atoms with van der Waals surface area (Å²) in [7, 11) is 1.51. The Hall–Kier alpha value is -1.35. The lowest BCUT2D eigenvalue weighted by Crippen LogP contribution is -2.20. The van der Waals surface area contributed by atoms with E-state index in [1.54, 1.807) is 24.3 Å². The molecule has 0 N–H and O–H groups in total. The van der Waals surface area contributed by atoms with Crippen molar-refractivity contribution in [2.45, 2.75) is 0 Å². The molecule has 68 valence electrons. The number of para-hydroxylation sites is 1. The second-order valence-corrected chi connectivity index (χ2v) is 2.81. The maximum Gasteiger partial charge on any atom is 0.320 e. The Bertz CT molecular complexity index is 338. The highest BCUT2D eigenvalue weighted by molar-refractivity contribution is 6.66. The first kappa shape index (κ1) is 9.74. The Morgan fingerprint density at radius 1 is 1.46 bits per heavy atom. The maximum absolute atomic E-state index is 10.8. The third-order valence-electron chi connectivity index (χ3n) is 1.69. The van der Waals surface area contributed by atoms with Gasteiger partial charge >= 0.3 is 5.37 Å². The van der Waals surface area contributed by atoms with E-state index in [1.807, 2.05) is 0 Å². The van der Waals surface area contributed by atoms with Gasteiger partial charge in [-0.2, -0.15) is 0 Å². The topological polar surface area (TPSA) is 37.4 Å². The highest BCUT2D eigenvalue weighted by Gasteiger charge is 2.10. The molecule has 13 heavy (non-hydrogen) atoms. The lowest BCUT2D eigenvalue weighted by atomic mass is 10.2. The van der Waals surface area contributed by atoms with Crippen molar-refractivity contribution in [1.29, 1.82) is 0 Å². The normalized spacial score (nSPS) is 9.38.